The molecule has 1 aromatic carbocycles. The lowest BCUT2D eigenvalue weighted by Crippen LogP contribution is -2.26. The van der Waals surface area contributed by atoms with Crippen molar-refractivity contribution in [2.45, 2.75) is 40.0 Å². The van der Waals surface area contributed by atoms with Crippen LogP contribution in [0.3, 0.4) is 0 Å². The van der Waals surface area contributed by atoms with E-state index in [0.717, 1.165) is 30.7 Å². The van der Waals surface area contributed by atoms with Gasteiger partial charge in [-0.25, -0.2) is 0 Å². The fourth-order valence-corrected chi connectivity index (χ4v) is 1.82. The number of nitrogens with one attached hydrogen (secondary N) is 1. The van der Waals surface area contributed by atoms with Gasteiger partial charge in [0.2, 0.25) is 5.91 Å². The Kier molecular flexibility index (Phi) is 5.69. The van der Waals surface area contributed by atoms with Gasteiger partial charge in [-0.05, 0) is 37.5 Å². The van der Waals surface area contributed by atoms with E-state index in [1.54, 1.807) is 7.11 Å². The number of rotatable bonds is 6. The first-order valence-electron chi connectivity index (χ1n) is 6.49. The van der Waals surface area contributed by atoms with Crippen LogP contribution in [-0.4, -0.2) is 19.6 Å². The van der Waals surface area contributed by atoms with Crippen LogP contribution >= 0.6 is 0 Å². The second-order valence-electron chi connectivity index (χ2n) is 4.63. The first kappa shape index (κ1) is 14.6. The van der Waals surface area contributed by atoms with Crippen molar-refractivity contribution in [2.24, 2.45) is 0 Å². The fourth-order valence-electron chi connectivity index (χ4n) is 1.82. The molecule has 0 aliphatic rings. The Bertz CT molecular complexity index is 413. The molecule has 0 heterocycles. The van der Waals surface area contributed by atoms with Crippen molar-refractivity contribution in [1.29, 1.82) is 0 Å². The highest BCUT2D eigenvalue weighted by atomic mass is 16.5. The minimum Gasteiger partial charge on any atom is -0.496 e. The number of carbonyl (C=O) groups excluding carboxylic acids is 1. The summed E-state index contributed by atoms with van der Waals surface area (Å²) in [7, 11) is 1.64. The van der Waals surface area contributed by atoms with Gasteiger partial charge in [0.15, 0.2) is 0 Å². The molecule has 0 bridgehead atoms. The largest absolute Gasteiger partial charge is 0.496 e. The van der Waals surface area contributed by atoms with Gasteiger partial charge < -0.3 is 10.1 Å². The molecule has 0 aliphatic carbocycles. The molecule has 0 unspecified atom stereocenters. The highest BCUT2D eigenvalue weighted by Crippen LogP contribution is 2.23. The summed E-state index contributed by atoms with van der Waals surface area (Å²) < 4.78 is 5.33. The molecule has 1 N–H and O–H groups in total. The summed E-state index contributed by atoms with van der Waals surface area (Å²) in [4.78, 5) is 11.8. The molecule has 0 atom stereocenters. The van der Waals surface area contributed by atoms with E-state index in [-0.39, 0.29) is 5.91 Å². The molecule has 0 saturated heterocycles. The molecule has 0 fully saturated rings. The monoisotopic (exact) mass is 249 g/mol. The Morgan fingerprint density at radius 3 is 2.56 bits per heavy atom. The van der Waals surface area contributed by atoms with Gasteiger partial charge in [0, 0.05) is 12.1 Å². The average Bonchev–Trinajstić information content (AvgIpc) is 2.34. The second-order valence-corrected chi connectivity index (χ2v) is 4.63. The van der Waals surface area contributed by atoms with Crippen LogP contribution in [0.25, 0.3) is 0 Å². The number of hydrogen-bond donors (Lipinski definition) is 1. The van der Waals surface area contributed by atoms with Gasteiger partial charge in [-0.3, -0.25) is 4.79 Å². The predicted molar refractivity (Wildman–Crippen MR) is 74.1 cm³/mol. The molecule has 0 aromatic heterocycles. The van der Waals surface area contributed by atoms with E-state index >= 15 is 0 Å². The highest BCUT2D eigenvalue weighted by molar-refractivity contribution is 5.79. The molecule has 1 aromatic rings. The van der Waals surface area contributed by atoms with Gasteiger partial charge in [0.1, 0.15) is 5.75 Å². The van der Waals surface area contributed by atoms with Gasteiger partial charge in [0.05, 0.1) is 13.5 Å². The zero-order valence-corrected chi connectivity index (χ0v) is 11.8. The van der Waals surface area contributed by atoms with E-state index < -0.39 is 0 Å². The zero-order valence-electron chi connectivity index (χ0n) is 11.8. The summed E-state index contributed by atoms with van der Waals surface area (Å²) in [5.74, 6) is 0.855. The number of ether oxygens (including phenoxy) is 1. The zero-order chi connectivity index (χ0) is 13.5. The van der Waals surface area contributed by atoms with Gasteiger partial charge in [-0.2, -0.15) is 0 Å². The first-order valence-corrected chi connectivity index (χ1v) is 6.49. The van der Waals surface area contributed by atoms with Crippen molar-refractivity contribution >= 4 is 5.91 Å². The fraction of sp³-hybridized carbons (Fsp3) is 0.533. The SMILES string of the molecule is CCCCNC(=O)Cc1cc(C)c(C)cc1OC. The summed E-state index contributed by atoms with van der Waals surface area (Å²) in [5.41, 5.74) is 3.32. The van der Waals surface area contributed by atoms with Crippen LogP contribution in [0.4, 0.5) is 0 Å². The van der Waals surface area contributed by atoms with Crippen LogP contribution in [-0.2, 0) is 11.2 Å². The maximum atomic E-state index is 11.8. The van der Waals surface area contributed by atoms with E-state index in [4.69, 9.17) is 4.74 Å². The molecule has 1 amide bonds. The lowest BCUT2D eigenvalue weighted by Gasteiger charge is -2.12. The quantitative estimate of drug-likeness (QED) is 0.787. The second kappa shape index (κ2) is 7.04. The molecule has 0 radical (unpaired) electrons. The summed E-state index contributed by atoms with van der Waals surface area (Å²) in [5, 5.41) is 2.92. The average molecular weight is 249 g/mol. The maximum absolute atomic E-state index is 11.8. The molecular weight excluding hydrogens is 226 g/mol. The number of aryl methyl sites for hydroxylation is 2. The Labute approximate surface area is 110 Å². The van der Waals surface area contributed by atoms with Crippen molar-refractivity contribution in [2.75, 3.05) is 13.7 Å². The molecule has 0 spiro atoms. The van der Waals surface area contributed by atoms with Crippen molar-refractivity contribution in [1.82, 2.24) is 5.32 Å². The van der Waals surface area contributed by atoms with E-state index in [1.807, 2.05) is 26.0 Å². The Balaban J connectivity index is 2.71. The molecule has 0 saturated carbocycles. The van der Waals surface area contributed by atoms with Crippen molar-refractivity contribution in [3.63, 3.8) is 0 Å². The third-order valence-corrected chi connectivity index (χ3v) is 3.10. The summed E-state index contributed by atoms with van der Waals surface area (Å²) >= 11 is 0. The van der Waals surface area contributed by atoms with Crippen LogP contribution in [0, 0.1) is 13.8 Å². The normalized spacial score (nSPS) is 10.2. The lowest BCUT2D eigenvalue weighted by molar-refractivity contribution is -0.120. The first-order chi connectivity index (χ1) is 8.58. The van der Waals surface area contributed by atoms with Crippen LogP contribution < -0.4 is 10.1 Å². The maximum Gasteiger partial charge on any atom is 0.224 e. The summed E-state index contributed by atoms with van der Waals surface area (Å²) in [6, 6.07) is 4.03. The van der Waals surface area contributed by atoms with Gasteiger partial charge in [-0.1, -0.05) is 19.4 Å². The number of amides is 1. The van der Waals surface area contributed by atoms with Gasteiger partial charge in [-0.15, -0.1) is 0 Å². The molecule has 100 valence electrons. The van der Waals surface area contributed by atoms with Crippen LogP contribution in [0.5, 0.6) is 5.75 Å². The number of hydrogen-bond acceptors (Lipinski definition) is 2. The molecular formula is C15H23NO2. The topological polar surface area (TPSA) is 38.3 Å². The number of benzene rings is 1. The Morgan fingerprint density at radius 2 is 1.94 bits per heavy atom. The lowest BCUT2D eigenvalue weighted by atomic mass is 10.0. The molecule has 3 heteroatoms. The molecule has 3 nitrogen and oxygen atoms in total. The Morgan fingerprint density at radius 1 is 1.28 bits per heavy atom. The standard InChI is InChI=1S/C15H23NO2/c1-5-6-7-16-15(17)10-13-8-11(2)12(3)9-14(13)18-4/h8-9H,5-7,10H2,1-4H3,(H,16,17). The minimum atomic E-state index is 0.0602. The van der Waals surface area contributed by atoms with Crippen LogP contribution in [0.15, 0.2) is 12.1 Å². The number of carbonyl (C=O) groups is 1. The number of methoxy groups -OCH3 is 1. The van der Waals surface area contributed by atoms with Crippen molar-refractivity contribution in [3.05, 3.63) is 28.8 Å². The van der Waals surface area contributed by atoms with Crippen molar-refractivity contribution in [3.8, 4) is 5.75 Å². The van der Waals surface area contributed by atoms with Crippen LogP contribution in [0.1, 0.15) is 36.5 Å². The predicted octanol–water partition coefficient (Wildman–Crippen LogP) is 2.77. The Hall–Kier alpha value is -1.51. The van der Waals surface area contributed by atoms with E-state index in [2.05, 4.69) is 12.2 Å². The third kappa shape index (κ3) is 4.06. The number of unbranched alkanes of at least 4 members (excludes halogenated alkanes) is 1. The summed E-state index contributed by atoms with van der Waals surface area (Å²) in [6.07, 6.45) is 2.50. The minimum absolute atomic E-state index is 0.0602. The van der Waals surface area contributed by atoms with E-state index in [1.165, 1.54) is 11.1 Å². The van der Waals surface area contributed by atoms with E-state index in [0.29, 0.717) is 6.42 Å². The van der Waals surface area contributed by atoms with Crippen molar-refractivity contribution < 1.29 is 9.53 Å². The highest BCUT2D eigenvalue weighted by Gasteiger charge is 2.10. The van der Waals surface area contributed by atoms with Gasteiger partial charge in [0.25, 0.3) is 0 Å². The van der Waals surface area contributed by atoms with Gasteiger partial charge >= 0.3 is 0 Å². The van der Waals surface area contributed by atoms with E-state index in [9.17, 15) is 4.79 Å². The van der Waals surface area contributed by atoms with Crippen LogP contribution in [0.2, 0.25) is 0 Å². The molecule has 0 aliphatic heterocycles. The smallest absolute Gasteiger partial charge is 0.224 e. The molecule has 1 rings (SSSR count). The molecule has 18 heavy (non-hydrogen) atoms. The third-order valence-electron chi connectivity index (χ3n) is 3.10. The summed E-state index contributed by atoms with van der Waals surface area (Å²) in [6.45, 7) is 6.96.